The van der Waals surface area contributed by atoms with Crippen LogP contribution in [-0.2, 0) is 16.2 Å². The van der Waals surface area contributed by atoms with E-state index < -0.39 is 5.97 Å². The molecule has 0 radical (unpaired) electrons. The molecule has 0 aliphatic rings. The fourth-order valence-corrected chi connectivity index (χ4v) is 2.05. The third-order valence-electron chi connectivity index (χ3n) is 2.19. The molecule has 0 amide bonds. The molecule has 18 heavy (non-hydrogen) atoms. The molecule has 0 bridgehead atoms. The normalized spacial score (nSPS) is 11.2. The van der Waals surface area contributed by atoms with Crippen molar-refractivity contribution >= 4 is 23.0 Å². The Morgan fingerprint density at radius 2 is 2.00 bits per heavy atom. The number of carboxylic acid groups (broad SMARTS) is 1. The number of carboxylic acids is 1. The monoisotopic (exact) mass is 261 g/mol. The molecule has 0 atom stereocenters. The maximum Gasteiger partial charge on any atom is 0.359 e. The van der Waals surface area contributed by atoms with E-state index >= 15 is 0 Å². The van der Waals surface area contributed by atoms with E-state index in [9.17, 15) is 4.79 Å². The molecular weight excluding hydrogens is 250 g/mol. The molecule has 0 fully saturated rings. The summed E-state index contributed by atoms with van der Waals surface area (Å²) < 4.78 is 0. The minimum Gasteiger partial charge on any atom is -0.476 e. The fourth-order valence-electron chi connectivity index (χ4n) is 1.35. The zero-order chi connectivity index (χ0) is 12.8. The average Bonchev–Trinajstić information content (AvgIpc) is 2.89. The first-order valence-corrected chi connectivity index (χ1v) is 6.16. The topological polar surface area (TPSA) is 58.9 Å². The number of hydrogen-bond donors (Lipinski definition) is 1. The van der Waals surface area contributed by atoms with Crippen LogP contribution in [0.1, 0.15) is 10.4 Å². The lowest BCUT2D eigenvalue weighted by molar-refractivity contribution is -0.129. The van der Waals surface area contributed by atoms with Crippen molar-refractivity contribution in [3.63, 3.8) is 0 Å². The molecule has 1 heterocycles. The first-order valence-electron chi connectivity index (χ1n) is 5.28. The highest BCUT2D eigenvalue weighted by molar-refractivity contribution is 7.13. The van der Waals surface area contributed by atoms with E-state index in [0.717, 1.165) is 5.56 Å². The summed E-state index contributed by atoms with van der Waals surface area (Å²) in [7, 11) is 0. The number of oxime groups is 1. The van der Waals surface area contributed by atoms with Gasteiger partial charge in [0.05, 0.1) is 4.88 Å². The molecule has 0 saturated heterocycles. The molecule has 1 aromatic heterocycles. The lowest BCUT2D eigenvalue weighted by Crippen LogP contribution is -2.13. The van der Waals surface area contributed by atoms with Crippen LogP contribution in [0.4, 0.5) is 0 Å². The summed E-state index contributed by atoms with van der Waals surface area (Å²) >= 11 is 1.31. The Morgan fingerprint density at radius 1 is 1.22 bits per heavy atom. The van der Waals surface area contributed by atoms with Gasteiger partial charge >= 0.3 is 5.97 Å². The number of aliphatic carboxylic acids is 1. The smallest absolute Gasteiger partial charge is 0.359 e. The summed E-state index contributed by atoms with van der Waals surface area (Å²) in [4.78, 5) is 16.7. The molecule has 2 aromatic rings. The van der Waals surface area contributed by atoms with Gasteiger partial charge in [0, 0.05) is 0 Å². The average molecular weight is 261 g/mol. The molecule has 4 nitrogen and oxygen atoms in total. The zero-order valence-electron chi connectivity index (χ0n) is 9.45. The molecule has 1 aromatic carbocycles. The van der Waals surface area contributed by atoms with Crippen molar-refractivity contribution in [1.82, 2.24) is 0 Å². The first-order chi connectivity index (χ1) is 8.77. The summed E-state index contributed by atoms with van der Waals surface area (Å²) in [6, 6.07) is 12.9. The standard InChI is InChI=1S/C13H11NO3S/c15-13(16)12(11-7-4-8-18-11)14-17-9-10-5-2-1-3-6-10/h1-8H,9H2,(H,15,16). The van der Waals surface area contributed by atoms with E-state index in [1.807, 2.05) is 30.3 Å². The van der Waals surface area contributed by atoms with Gasteiger partial charge in [-0.05, 0) is 17.0 Å². The minimum atomic E-state index is -1.09. The second kappa shape index (κ2) is 5.97. The maximum absolute atomic E-state index is 11.0. The second-order valence-corrected chi connectivity index (χ2v) is 4.43. The number of carbonyl (C=O) groups is 1. The maximum atomic E-state index is 11.0. The molecule has 92 valence electrons. The minimum absolute atomic E-state index is 0.0686. The highest BCUT2D eigenvalue weighted by Crippen LogP contribution is 2.11. The Kier molecular flexibility index (Phi) is 4.09. The number of nitrogens with zero attached hydrogens (tertiary/aromatic N) is 1. The molecule has 5 heteroatoms. The summed E-state index contributed by atoms with van der Waals surface area (Å²) in [5, 5.41) is 14.5. The Morgan fingerprint density at radius 3 is 2.61 bits per heavy atom. The molecule has 0 saturated carbocycles. The van der Waals surface area contributed by atoms with Crippen LogP contribution in [0.15, 0.2) is 53.0 Å². The molecular formula is C13H11NO3S. The van der Waals surface area contributed by atoms with E-state index in [2.05, 4.69) is 5.16 Å². The number of thiophene rings is 1. The van der Waals surface area contributed by atoms with Crippen molar-refractivity contribution in [2.24, 2.45) is 5.16 Å². The van der Waals surface area contributed by atoms with Crippen LogP contribution < -0.4 is 0 Å². The third kappa shape index (κ3) is 3.18. The van der Waals surface area contributed by atoms with E-state index in [-0.39, 0.29) is 12.3 Å². The van der Waals surface area contributed by atoms with Crippen molar-refractivity contribution in [3.05, 3.63) is 58.3 Å². The first kappa shape index (κ1) is 12.3. The van der Waals surface area contributed by atoms with Gasteiger partial charge in [-0.2, -0.15) is 0 Å². The van der Waals surface area contributed by atoms with Crippen molar-refractivity contribution in [1.29, 1.82) is 0 Å². The van der Waals surface area contributed by atoms with E-state index in [0.29, 0.717) is 4.88 Å². The van der Waals surface area contributed by atoms with Crippen LogP contribution in [0.2, 0.25) is 0 Å². The van der Waals surface area contributed by atoms with E-state index in [1.54, 1.807) is 17.5 Å². The highest BCUT2D eigenvalue weighted by atomic mass is 32.1. The predicted molar refractivity (Wildman–Crippen MR) is 69.7 cm³/mol. The molecule has 2 rings (SSSR count). The lowest BCUT2D eigenvalue weighted by atomic mass is 10.2. The van der Waals surface area contributed by atoms with Crippen molar-refractivity contribution in [2.45, 2.75) is 6.61 Å². The number of hydrogen-bond acceptors (Lipinski definition) is 4. The van der Waals surface area contributed by atoms with Gasteiger partial charge in [-0.25, -0.2) is 4.79 Å². The van der Waals surface area contributed by atoms with Gasteiger partial charge < -0.3 is 9.94 Å². The van der Waals surface area contributed by atoms with Gasteiger partial charge in [0.1, 0.15) is 6.61 Å². The van der Waals surface area contributed by atoms with E-state index in [1.165, 1.54) is 11.3 Å². The van der Waals surface area contributed by atoms with Crippen LogP contribution in [0.3, 0.4) is 0 Å². The van der Waals surface area contributed by atoms with Crippen LogP contribution in [0.25, 0.3) is 0 Å². The molecule has 1 N–H and O–H groups in total. The molecule has 0 aliphatic heterocycles. The van der Waals surface area contributed by atoms with Crippen LogP contribution in [0, 0.1) is 0 Å². The highest BCUT2D eigenvalue weighted by Gasteiger charge is 2.14. The van der Waals surface area contributed by atoms with Gasteiger partial charge in [0.25, 0.3) is 0 Å². The molecule has 0 unspecified atom stereocenters. The van der Waals surface area contributed by atoms with Gasteiger partial charge in [-0.15, -0.1) is 11.3 Å². The second-order valence-electron chi connectivity index (χ2n) is 3.48. The Hall–Kier alpha value is -2.14. The zero-order valence-corrected chi connectivity index (χ0v) is 10.3. The Balaban J connectivity index is 2.04. The molecule has 0 spiro atoms. The van der Waals surface area contributed by atoms with Crippen LogP contribution >= 0.6 is 11.3 Å². The molecule has 0 aliphatic carbocycles. The SMILES string of the molecule is O=C(O)C(=NOCc1ccccc1)c1cccs1. The van der Waals surface area contributed by atoms with E-state index in [4.69, 9.17) is 9.94 Å². The van der Waals surface area contributed by atoms with Gasteiger partial charge in [0.15, 0.2) is 0 Å². The summed E-state index contributed by atoms with van der Waals surface area (Å²) in [6.07, 6.45) is 0. The third-order valence-corrected chi connectivity index (χ3v) is 3.06. The van der Waals surface area contributed by atoms with Crippen molar-refractivity contribution in [3.8, 4) is 0 Å². The van der Waals surface area contributed by atoms with Gasteiger partial charge in [-0.3, -0.25) is 0 Å². The van der Waals surface area contributed by atoms with Crippen LogP contribution in [-0.4, -0.2) is 16.8 Å². The predicted octanol–water partition coefficient (Wildman–Crippen LogP) is 2.75. The number of rotatable bonds is 5. The van der Waals surface area contributed by atoms with Crippen LogP contribution in [0.5, 0.6) is 0 Å². The Labute approximate surface area is 108 Å². The van der Waals surface area contributed by atoms with Crippen molar-refractivity contribution in [2.75, 3.05) is 0 Å². The lowest BCUT2D eigenvalue weighted by Gasteiger charge is -2.01. The summed E-state index contributed by atoms with van der Waals surface area (Å²) in [5.41, 5.74) is 0.873. The fraction of sp³-hybridized carbons (Fsp3) is 0.0769. The summed E-state index contributed by atoms with van der Waals surface area (Å²) in [5.74, 6) is -1.09. The number of benzene rings is 1. The largest absolute Gasteiger partial charge is 0.476 e. The van der Waals surface area contributed by atoms with Gasteiger partial charge in [-0.1, -0.05) is 41.6 Å². The quantitative estimate of drug-likeness (QED) is 0.665. The Bertz CT molecular complexity index is 535. The summed E-state index contributed by atoms with van der Waals surface area (Å²) in [6.45, 7) is 0.253. The van der Waals surface area contributed by atoms with Crippen molar-refractivity contribution < 1.29 is 14.7 Å². The van der Waals surface area contributed by atoms with Gasteiger partial charge in [0.2, 0.25) is 5.71 Å².